The largest absolute Gasteiger partial charge is 2.00 e. The summed E-state index contributed by atoms with van der Waals surface area (Å²) in [5, 5.41) is 0. The first-order chi connectivity index (χ1) is 0. The molecule has 0 aromatic heterocycles. The van der Waals surface area contributed by atoms with Gasteiger partial charge in [0, 0.05) is 70.0 Å². The summed E-state index contributed by atoms with van der Waals surface area (Å²) in [5.74, 6) is 0. The molecule has 0 aliphatic heterocycles. The fourth-order valence-corrected chi connectivity index (χ4v) is 0. The van der Waals surface area contributed by atoms with Crippen molar-refractivity contribution in [2.45, 2.75) is 0 Å². The van der Waals surface area contributed by atoms with E-state index in [1.54, 1.807) is 0 Å². The minimum atomic E-state index is 0. The van der Waals surface area contributed by atoms with Gasteiger partial charge < -0.3 is 8.33 Å². The Hall–Kier alpha value is 3.69. The molecule has 1 nitrogen and oxygen atoms in total. The number of rotatable bonds is 0. The quantitative estimate of drug-likeness (QED) is 0.501. The van der Waals surface area contributed by atoms with E-state index in [-0.39, 0.29) is 124 Å². The molecule has 0 atom stereocenters. The Morgan fingerprint density at radius 2 is 1.20 bits per heavy atom. The van der Waals surface area contributed by atoms with Crippen molar-refractivity contribution in [2.24, 2.45) is 0 Å². The van der Waals surface area contributed by atoms with Gasteiger partial charge in [-0.2, -0.15) is 0 Å². The second kappa shape index (κ2) is 25.3. The maximum absolute atomic E-state index is 0. The van der Waals surface area contributed by atoms with Gasteiger partial charge in [-0.25, -0.2) is 0 Å². The van der Waals surface area contributed by atoms with Gasteiger partial charge >= 0.3 is 45.5 Å². The zero-order valence-electron chi connectivity index (χ0n) is 4.57. The Morgan fingerprint density at radius 3 is 1.20 bits per heavy atom. The summed E-state index contributed by atoms with van der Waals surface area (Å²) in [4.78, 5) is 0. The van der Waals surface area contributed by atoms with Crippen molar-refractivity contribution < 1.29 is 78.4 Å². The predicted molar refractivity (Wildman–Crippen MR) is 11.6 cm³/mol. The summed E-state index contributed by atoms with van der Waals surface area (Å²) in [5.41, 5.74) is 0. The summed E-state index contributed by atoms with van der Waals surface area (Å²) in [7, 11) is 0. The molecule has 2 radical (unpaired) electrons. The fourth-order valence-electron chi connectivity index (χ4n) is 0. The standard InChI is InChI=1S/Cr.La.Mn.H2O.Sr.2H/h;;;1H2;;;/q;;;;+2;2*-1. The minimum Gasteiger partial charge on any atom is -1.00 e. The van der Waals surface area contributed by atoms with E-state index in [0.717, 1.165) is 0 Å². The van der Waals surface area contributed by atoms with Crippen LogP contribution in [0.2, 0.25) is 0 Å². The molecule has 0 heterocycles. The van der Waals surface area contributed by atoms with Crippen LogP contribution in [0.25, 0.3) is 0 Å². The van der Waals surface area contributed by atoms with E-state index >= 15 is 0 Å². The SMILES string of the molecule is O.[Cr].[H-].[H-].[La].[Mn].[Sr+2]. The van der Waals surface area contributed by atoms with Crippen LogP contribution in [0.5, 0.6) is 0 Å². The molecule has 0 aromatic carbocycles. The normalized spacial score (nSPS) is 0. The maximum Gasteiger partial charge on any atom is 2.00 e. The molecule has 0 rings (SSSR count). The van der Waals surface area contributed by atoms with Crippen LogP contribution in [0.3, 0.4) is 0 Å². The molecule has 0 spiro atoms. The molecule has 0 bridgehead atoms. The molecule has 0 aliphatic carbocycles. The van der Waals surface area contributed by atoms with Crippen molar-refractivity contribution in [3.63, 3.8) is 0 Å². The van der Waals surface area contributed by atoms with E-state index in [1.807, 2.05) is 0 Å². The van der Waals surface area contributed by atoms with Crippen molar-refractivity contribution in [1.82, 2.24) is 0 Å². The zero-order valence-corrected chi connectivity index (χ0v) is 12.1. The van der Waals surface area contributed by atoms with E-state index < -0.39 is 0 Å². The first kappa shape index (κ1) is 37.8. The zero-order chi connectivity index (χ0) is 0. The van der Waals surface area contributed by atoms with E-state index in [0.29, 0.717) is 0 Å². The van der Waals surface area contributed by atoms with Crippen LogP contribution in [0.1, 0.15) is 2.85 Å². The van der Waals surface area contributed by atoms with Crippen molar-refractivity contribution in [1.29, 1.82) is 0 Å². The minimum absolute atomic E-state index is 0. The first-order valence-corrected chi connectivity index (χ1v) is 0. The summed E-state index contributed by atoms with van der Waals surface area (Å²) in [6, 6.07) is 0. The third-order valence-corrected chi connectivity index (χ3v) is 0. The van der Waals surface area contributed by atoms with Gasteiger partial charge in [0.25, 0.3) is 0 Å². The van der Waals surface area contributed by atoms with Crippen LogP contribution in [-0.4, -0.2) is 51.0 Å². The summed E-state index contributed by atoms with van der Waals surface area (Å²) < 4.78 is 0. The maximum atomic E-state index is 0. The van der Waals surface area contributed by atoms with E-state index in [4.69, 9.17) is 0 Å². The molecule has 0 unspecified atom stereocenters. The molecule has 0 saturated carbocycles. The third kappa shape index (κ3) is 18.3. The monoisotopic (exact) mass is 354 g/mol. The predicted octanol–water partition coefficient (Wildman–Crippen LogP) is -0.986. The summed E-state index contributed by atoms with van der Waals surface area (Å²) in [6.45, 7) is 0. The van der Waals surface area contributed by atoms with Crippen molar-refractivity contribution in [3.05, 3.63) is 0 Å². The molecule has 0 amide bonds. The van der Waals surface area contributed by atoms with Gasteiger partial charge in [0.05, 0.1) is 0 Å². The van der Waals surface area contributed by atoms with Crippen molar-refractivity contribution in [3.8, 4) is 0 Å². The molecule has 0 fully saturated rings. The molecular weight excluding hydrogens is 349 g/mol. The average Bonchev–Trinajstić information content (AvgIpc) is 0. The van der Waals surface area contributed by atoms with Crippen LogP contribution in [0.4, 0.5) is 0 Å². The first-order valence-electron chi connectivity index (χ1n) is 0. The van der Waals surface area contributed by atoms with Crippen molar-refractivity contribution in [2.75, 3.05) is 0 Å². The molecule has 0 aromatic rings. The number of hydrogen-bond donors (Lipinski definition) is 0. The van der Waals surface area contributed by atoms with Gasteiger partial charge in [-0.05, 0) is 0 Å². The van der Waals surface area contributed by atoms with Gasteiger partial charge in [-0.1, -0.05) is 0 Å². The fraction of sp³-hybridized carbons (Fsp3) is 0. The second-order valence-corrected chi connectivity index (χ2v) is 0. The van der Waals surface area contributed by atoms with E-state index in [1.165, 1.54) is 0 Å². The van der Waals surface area contributed by atoms with E-state index in [2.05, 4.69) is 0 Å². The Balaban J connectivity index is 0. The van der Waals surface area contributed by atoms with Crippen LogP contribution >= 0.6 is 0 Å². The third-order valence-electron chi connectivity index (χ3n) is 0. The van der Waals surface area contributed by atoms with Gasteiger partial charge in [0.15, 0.2) is 0 Å². The molecule has 5 heteroatoms. The van der Waals surface area contributed by atoms with Crippen LogP contribution in [0.15, 0.2) is 0 Å². The summed E-state index contributed by atoms with van der Waals surface area (Å²) in [6.07, 6.45) is 0. The van der Waals surface area contributed by atoms with Gasteiger partial charge in [-0.3, -0.25) is 0 Å². The van der Waals surface area contributed by atoms with Gasteiger partial charge in [0.1, 0.15) is 0 Å². The summed E-state index contributed by atoms with van der Waals surface area (Å²) >= 11 is 0. The Labute approximate surface area is 121 Å². The van der Waals surface area contributed by atoms with Crippen LogP contribution in [0, 0.1) is 35.6 Å². The molecule has 5 heavy (non-hydrogen) atoms. The Bertz CT molecular complexity index is 17.7. The molecular formula is H4CrLaMnOSr. The van der Waals surface area contributed by atoms with Crippen LogP contribution in [-0.2, 0) is 34.4 Å². The molecule has 0 saturated heterocycles. The molecule has 2 N–H and O–H groups in total. The van der Waals surface area contributed by atoms with Gasteiger partial charge in [0.2, 0.25) is 0 Å². The number of hydrogen-bond acceptors (Lipinski definition) is 0. The molecule has 28 valence electrons. The molecule has 0 aliphatic rings. The van der Waals surface area contributed by atoms with Crippen molar-refractivity contribution >= 4 is 45.5 Å². The second-order valence-electron chi connectivity index (χ2n) is 0. The Kier molecular flexibility index (Phi) is 191. The smallest absolute Gasteiger partial charge is 1.00 e. The van der Waals surface area contributed by atoms with E-state index in [9.17, 15) is 0 Å². The average molecular weight is 353 g/mol. The van der Waals surface area contributed by atoms with Gasteiger partial charge in [-0.15, -0.1) is 0 Å². The van der Waals surface area contributed by atoms with Crippen LogP contribution < -0.4 is 0 Å². The topological polar surface area (TPSA) is 31.5 Å². The Morgan fingerprint density at radius 1 is 1.20 bits per heavy atom.